The number of nitrogens with zero attached hydrogens (tertiary/aromatic N) is 2. The van der Waals surface area contributed by atoms with Gasteiger partial charge >= 0.3 is 5.97 Å². The third-order valence-corrected chi connectivity index (χ3v) is 6.48. The maximum Gasteiger partial charge on any atom is 0.318 e. The van der Waals surface area contributed by atoms with E-state index in [4.69, 9.17) is 13.9 Å². The maximum absolute atomic E-state index is 13.5. The molecule has 3 heterocycles. The van der Waals surface area contributed by atoms with Gasteiger partial charge in [0.1, 0.15) is 11.2 Å². The molecule has 3 aliphatic rings. The van der Waals surface area contributed by atoms with Crippen molar-refractivity contribution in [2.24, 2.45) is 11.3 Å². The van der Waals surface area contributed by atoms with Crippen molar-refractivity contribution < 1.29 is 28.3 Å². The van der Waals surface area contributed by atoms with Gasteiger partial charge in [0.05, 0.1) is 32.6 Å². The van der Waals surface area contributed by atoms with E-state index in [-0.39, 0.29) is 37.4 Å². The fourth-order valence-corrected chi connectivity index (χ4v) is 4.98. The number of piperidine rings is 1. The molecule has 1 aliphatic carbocycles. The van der Waals surface area contributed by atoms with E-state index in [1.807, 2.05) is 12.1 Å². The summed E-state index contributed by atoms with van der Waals surface area (Å²) in [4.78, 5) is 43.1. The third-order valence-electron chi connectivity index (χ3n) is 6.48. The molecule has 8 nitrogen and oxygen atoms in total. The molecule has 0 N–H and O–H groups in total. The zero-order chi connectivity index (χ0) is 21.8. The molecule has 2 saturated heterocycles. The Balaban J connectivity index is 1.64. The van der Waals surface area contributed by atoms with E-state index < -0.39 is 11.3 Å². The summed E-state index contributed by atoms with van der Waals surface area (Å²) >= 11 is 0. The highest BCUT2D eigenvalue weighted by molar-refractivity contribution is 5.92. The molecule has 1 aromatic rings. The number of hydrogen-bond acceptors (Lipinski definition) is 6. The molecular weight excluding hydrogens is 400 g/mol. The first-order valence-corrected chi connectivity index (χ1v) is 11.1. The molecule has 0 aromatic carbocycles. The number of esters is 1. The van der Waals surface area contributed by atoms with Crippen molar-refractivity contribution in [2.45, 2.75) is 45.6 Å². The van der Waals surface area contributed by atoms with Crippen LogP contribution in [-0.2, 0) is 30.4 Å². The van der Waals surface area contributed by atoms with E-state index in [1.165, 1.54) is 0 Å². The molecule has 8 heteroatoms. The summed E-state index contributed by atoms with van der Waals surface area (Å²) in [6.07, 6.45) is 6.20. The van der Waals surface area contributed by atoms with Crippen LogP contribution in [0.4, 0.5) is 0 Å². The number of hydrogen-bond donors (Lipinski definition) is 0. The predicted octanol–water partition coefficient (Wildman–Crippen LogP) is 2.49. The number of carbonyl (C=O) groups excluding carboxylic acids is 3. The van der Waals surface area contributed by atoms with Crippen LogP contribution in [0.3, 0.4) is 0 Å². The van der Waals surface area contributed by atoms with Crippen molar-refractivity contribution >= 4 is 17.8 Å². The maximum atomic E-state index is 13.5. The Bertz CT molecular complexity index is 842. The molecule has 2 amide bonds. The standard InChI is InChI=1S/C23H30N2O6/c1-2-30-22(28)23-8-4-3-7-19(23)25(16-18-6-5-11-31-18)21(27)17(15-23)14-20(26)24-9-12-29-13-10-24/h5-7,11,17H,2-4,8-10,12-16H2,1H3/t17-,23+/m1/s1. The summed E-state index contributed by atoms with van der Waals surface area (Å²) in [6, 6.07) is 3.59. The quantitative estimate of drug-likeness (QED) is 0.644. The van der Waals surface area contributed by atoms with Gasteiger partial charge in [-0.2, -0.15) is 0 Å². The predicted molar refractivity (Wildman–Crippen MR) is 110 cm³/mol. The monoisotopic (exact) mass is 430 g/mol. The normalized spacial score (nSPS) is 26.3. The highest BCUT2D eigenvalue weighted by Gasteiger charge is 2.54. The highest BCUT2D eigenvalue weighted by atomic mass is 16.5. The molecule has 0 saturated carbocycles. The Morgan fingerprint density at radius 1 is 1.29 bits per heavy atom. The molecule has 2 fully saturated rings. The van der Waals surface area contributed by atoms with Gasteiger partial charge in [0.15, 0.2) is 0 Å². The molecule has 0 unspecified atom stereocenters. The minimum absolute atomic E-state index is 0.0677. The van der Waals surface area contributed by atoms with E-state index >= 15 is 0 Å². The van der Waals surface area contributed by atoms with Crippen LogP contribution in [0.15, 0.2) is 34.6 Å². The van der Waals surface area contributed by atoms with Gasteiger partial charge in [-0.25, -0.2) is 0 Å². The molecule has 1 aromatic heterocycles. The van der Waals surface area contributed by atoms with Crippen LogP contribution < -0.4 is 0 Å². The summed E-state index contributed by atoms with van der Waals surface area (Å²) in [5, 5.41) is 0. The topological polar surface area (TPSA) is 89.3 Å². The lowest BCUT2D eigenvalue weighted by Gasteiger charge is -2.48. The van der Waals surface area contributed by atoms with Crippen molar-refractivity contribution in [3.05, 3.63) is 35.9 Å². The second kappa shape index (κ2) is 9.26. The summed E-state index contributed by atoms with van der Waals surface area (Å²) in [6.45, 7) is 4.38. The number of ether oxygens (including phenoxy) is 2. The summed E-state index contributed by atoms with van der Waals surface area (Å²) in [5.74, 6) is -0.447. The number of morpholine rings is 1. The average Bonchev–Trinajstić information content (AvgIpc) is 3.30. The molecule has 4 rings (SSSR count). The Hall–Kier alpha value is -2.61. The van der Waals surface area contributed by atoms with Gasteiger partial charge in [-0.05, 0) is 44.7 Å². The van der Waals surface area contributed by atoms with E-state index in [1.54, 1.807) is 29.1 Å². The zero-order valence-electron chi connectivity index (χ0n) is 18.0. The van der Waals surface area contributed by atoms with Crippen LogP contribution >= 0.6 is 0 Å². The highest BCUT2D eigenvalue weighted by Crippen LogP contribution is 2.50. The van der Waals surface area contributed by atoms with E-state index in [0.717, 1.165) is 12.8 Å². The largest absolute Gasteiger partial charge is 0.467 e. The van der Waals surface area contributed by atoms with Crippen molar-refractivity contribution in [1.29, 1.82) is 0 Å². The summed E-state index contributed by atoms with van der Waals surface area (Å²) in [5.41, 5.74) is -0.196. The fraction of sp³-hybridized carbons (Fsp3) is 0.609. The second-order valence-corrected chi connectivity index (χ2v) is 8.39. The van der Waals surface area contributed by atoms with Crippen LogP contribution in [0.1, 0.15) is 44.8 Å². The lowest BCUT2D eigenvalue weighted by Crippen LogP contribution is -2.54. The number of furan rings is 1. The number of amides is 2. The van der Waals surface area contributed by atoms with Gasteiger partial charge in [0, 0.05) is 31.1 Å². The first-order chi connectivity index (χ1) is 15.0. The fourth-order valence-electron chi connectivity index (χ4n) is 4.98. The minimum Gasteiger partial charge on any atom is -0.467 e. The van der Waals surface area contributed by atoms with E-state index in [9.17, 15) is 14.4 Å². The molecule has 2 aliphatic heterocycles. The first-order valence-electron chi connectivity index (χ1n) is 11.1. The van der Waals surface area contributed by atoms with Crippen molar-refractivity contribution in [2.75, 3.05) is 32.9 Å². The summed E-state index contributed by atoms with van der Waals surface area (Å²) < 4.78 is 16.3. The average molecular weight is 431 g/mol. The van der Waals surface area contributed by atoms with Crippen LogP contribution in [0.2, 0.25) is 0 Å². The number of allylic oxidation sites excluding steroid dienone is 1. The number of carbonyl (C=O) groups is 3. The summed E-state index contributed by atoms with van der Waals surface area (Å²) in [7, 11) is 0. The number of rotatable bonds is 6. The van der Waals surface area contributed by atoms with Gasteiger partial charge < -0.3 is 23.7 Å². The Kier molecular flexibility index (Phi) is 6.46. The van der Waals surface area contributed by atoms with Gasteiger partial charge in [0.2, 0.25) is 11.8 Å². The van der Waals surface area contributed by atoms with Crippen LogP contribution in [-0.4, -0.2) is 60.5 Å². The molecule has 0 bridgehead atoms. The first kappa shape index (κ1) is 21.6. The Morgan fingerprint density at radius 2 is 2.10 bits per heavy atom. The second-order valence-electron chi connectivity index (χ2n) is 8.39. The SMILES string of the molecule is CCOC(=O)[C@]12CCCC=C1N(Cc1ccco1)C(=O)[C@H](CC(=O)N1CCOCC1)C2. The van der Waals surface area contributed by atoms with Crippen LogP contribution in [0.25, 0.3) is 0 Å². The molecule has 168 valence electrons. The molecule has 0 spiro atoms. The Morgan fingerprint density at radius 3 is 2.81 bits per heavy atom. The lowest BCUT2D eigenvalue weighted by molar-refractivity contribution is -0.163. The molecule has 0 radical (unpaired) electrons. The van der Waals surface area contributed by atoms with Crippen LogP contribution in [0, 0.1) is 11.3 Å². The molecule has 2 atom stereocenters. The van der Waals surface area contributed by atoms with E-state index in [2.05, 4.69) is 0 Å². The van der Waals surface area contributed by atoms with E-state index in [0.29, 0.717) is 50.6 Å². The smallest absolute Gasteiger partial charge is 0.318 e. The zero-order valence-corrected chi connectivity index (χ0v) is 18.0. The molecule has 31 heavy (non-hydrogen) atoms. The van der Waals surface area contributed by atoms with Crippen molar-refractivity contribution in [3.8, 4) is 0 Å². The van der Waals surface area contributed by atoms with Gasteiger partial charge in [-0.15, -0.1) is 0 Å². The van der Waals surface area contributed by atoms with Crippen molar-refractivity contribution in [3.63, 3.8) is 0 Å². The van der Waals surface area contributed by atoms with Gasteiger partial charge in [-0.3, -0.25) is 14.4 Å². The molecular formula is C23H30N2O6. The Labute approximate surface area is 182 Å². The van der Waals surface area contributed by atoms with Crippen LogP contribution in [0.5, 0.6) is 0 Å². The van der Waals surface area contributed by atoms with Crippen molar-refractivity contribution in [1.82, 2.24) is 9.80 Å². The number of fused-ring (bicyclic) bond motifs is 1. The third kappa shape index (κ3) is 4.26. The minimum atomic E-state index is -0.898. The lowest BCUT2D eigenvalue weighted by atomic mass is 9.66. The van der Waals surface area contributed by atoms with Gasteiger partial charge in [0.25, 0.3) is 0 Å². The van der Waals surface area contributed by atoms with Gasteiger partial charge in [-0.1, -0.05) is 6.08 Å². The number of likely N-dealkylation sites (tertiary alicyclic amines) is 1.